The third kappa shape index (κ3) is 15.0. The van der Waals surface area contributed by atoms with Gasteiger partial charge in [-0.25, -0.2) is 14.4 Å². The van der Waals surface area contributed by atoms with Gasteiger partial charge in [0.25, 0.3) is 0 Å². The van der Waals surface area contributed by atoms with Crippen LogP contribution in [0.3, 0.4) is 0 Å². The topological polar surface area (TPSA) is 248 Å². The summed E-state index contributed by atoms with van der Waals surface area (Å²) in [4.78, 5) is 54.5. The molecule has 16 nitrogen and oxygen atoms in total. The van der Waals surface area contributed by atoms with Crippen LogP contribution in [0.1, 0.15) is 116 Å². The van der Waals surface area contributed by atoms with Crippen LogP contribution < -0.4 is 16.8 Å². The second-order valence-electron chi connectivity index (χ2n) is 17.7. The summed E-state index contributed by atoms with van der Waals surface area (Å²) in [5, 5.41) is 25.3. The maximum Gasteiger partial charge on any atom is 0.508 e. The Morgan fingerprint density at radius 3 is 2.22 bits per heavy atom. The first-order valence-electron chi connectivity index (χ1n) is 21.7. The van der Waals surface area contributed by atoms with Gasteiger partial charge in [0.15, 0.2) is 0 Å². The summed E-state index contributed by atoms with van der Waals surface area (Å²) in [5.41, 5.74) is 13.9. The second kappa shape index (κ2) is 23.6. The van der Waals surface area contributed by atoms with Gasteiger partial charge in [-0.15, -0.1) is 5.10 Å². The molecule has 0 bridgehead atoms. The average Bonchev–Trinajstić information content (AvgIpc) is 3.84. The number of alkyl halides is 6. The molecule has 0 unspecified atom stereocenters. The van der Waals surface area contributed by atoms with Gasteiger partial charge >= 0.3 is 36.4 Å². The normalized spacial score (nSPS) is 26.9. The third-order valence-electron chi connectivity index (χ3n) is 13.7. The molecule has 9 atom stereocenters. The fourth-order valence-corrected chi connectivity index (χ4v) is 10.4. The second-order valence-corrected chi connectivity index (χ2v) is 17.7. The van der Waals surface area contributed by atoms with Crippen LogP contribution >= 0.6 is 0 Å². The summed E-state index contributed by atoms with van der Waals surface area (Å²) in [6, 6.07) is -0.517. The van der Waals surface area contributed by atoms with Crippen molar-refractivity contribution in [2.75, 3.05) is 20.2 Å². The Balaban J connectivity index is 0.000000671. The van der Waals surface area contributed by atoms with Gasteiger partial charge in [0.05, 0.1) is 19.3 Å². The van der Waals surface area contributed by atoms with Crippen molar-refractivity contribution in [3.63, 3.8) is 0 Å². The minimum atomic E-state index is -5.08. The van der Waals surface area contributed by atoms with E-state index in [4.69, 9.17) is 45.5 Å². The highest BCUT2D eigenvalue weighted by Gasteiger charge is 2.59. The molecule has 3 saturated carbocycles. The molecule has 22 heteroatoms. The van der Waals surface area contributed by atoms with E-state index in [1.807, 2.05) is 0 Å². The monoisotopic (exact) mass is 926 g/mol. The summed E-state index contributed by atoms with van der Waals surface area (Å²) in [6.07, 6.45) is 6.45. The Morgan fingerprint density at radius 1 is 0.953 bits per heavy atom. The standard InChI is InChI=1S/C38H62N6O6.2C2HF3O2/c1-25(9-14-34(45)48-4)30-12-13-31-29-11-10-26-22-28(15-17-37(26,2)32(29)16-18-38(30,31)3)50-36(47)49-24-27-23-44(43-42-27)21-7-20-41-35(46)33(40)8-5-6-19-39;2*3-2(4,5)1(6)7/h10,23,25,28-33H,5-9,11-22,24,39-40H2,1-4H3,(H,41,46);2*(H,6,7)/t25-,28+,29+,30-,31+,32+,33+,37+,38-;;/m1../s1. The minimum absolute atomic E-state index is 0.00738. The van der Waals surface area contributed by atoms with E-state index in [2.05, 4.69) is 42.5 Å². The van der Waals surface area contributed by atoms with Crippen molar-refractivity contribution in [1.82, 2.24) is 20.3 Å². The molecule has 364 valence electrons. The van der Waals surface area contributed by atoms with Crippen molar-refractivity contribution in [2.24, 2.45) is 51.9 Å². The van der Waals surface area contributed by atoms with Gasteiger partial charge in [-0.3, -0.25) is 14.3 Å². The van der Waals surface area contributed by atoms with E-state index in [1.165, 1.54) is 38.4 Å². The highest BCUT2D eigenvalue weighted by atomic mass is 19.4. The number of carboxylic acids is 2. The van der Waals surface area contributed by atoms with E-state index >= 15 is 0 Å². The lowest BCUT2D eigenvalue weighted by atomic mass is 9.47. The molecule has 0 spiro atoms. The molecule has 1 heterocycles. The predicted molar refractivity (Wildman–Crippen MR) is 217 cm³/mol. The Bertz CT molecular complexity index is 1740. The van der Waals surface area contributed by atoms with Crippen LogP contribution in [0.5, 0.6) is 0 Å². The molecule has 4 aliphatic carbocycles. The number of unbranched alkanes of at least 4 members (excludes halogenated alkanes) is 1. The van der Waals surface area contributed by atoms with E-state index in [1.54, 1.807) is 10.9 Å². The number of carboxylic acid groups (broad SMARTS) is 2. The Morgan fingerprint density at radius 2 is 1.61 bits per heavy atom. The van der Waals surface area contributed by atoms with E-state index in [0.717, 1.165) is 50.9 Å². The number of aliphatic carboxylic acids is 2. The van der Waals surface area contributed by atoms with Gasteiger partial charge in [-0.2, -0.15) is 26.3 Å². The van der Waals surface area contributed by atoms with Gasteiger partial charge in [-0.1, -0.05) is 44.1 Å². The van der Waals surface area contributed by atoms with Crippen molar-refractivity contribution in [1.29, 1.82) is 0 Å². The zero-order valence-corrected chi connectivity index (χ0v) is 36.8. The molecular formula is C42H64F6N6O10. The smallest absolute Gasteiger partial charge is 0.475 e. The maximum atomic E-state index is 12.7. The first kappa shape index (κ1) is 53.9. The van der Waals surface area contributed by atoms with E-state index in [-0.39, 0.29) is 30.0 Å². The lowest BCUT2D eigenvalue weighted by Gasteiger charge is -2.58. The summed E-state index contributed by atoms with van der Waals surface area (Å²) >= 11 is 0. The average molecular weight is 927 g/mol. The summed E-state index contributed by atoms with van der Waals surface area (Å²) in [7, 11) is 1.48. The molecule has 1 amide bonds. The number of nitrogens with zero attached hydrogens (tertiary/aromatic N) is 3. The Hall–Kier alpha value is -4.47. The first-order chi connectivity index (χ1) is 29.9. The number of ether oxygens (including phenoxy) is 3. The number of halogens is 6. The van der Waals surface area contributed by atoms with Crippen LogP contribution in [-0.4, -0.2) is 99.9 Å². The molecule has 0 radical (unpaired) electrons. The molecule has 0 saturated heterocycles. The van der Waals surface area contributed by atoms with Crippen molar-refractivity contribution in [3.8, 4) is 0 Å². The number of hydrogen-bond acceptors (Lipinski definition) is 12. The number of aryl methyl sites for hydroxylation is 1. The number of nitrogens with one attached hydrogen (secondary N) is 1. The minimum Gasteiger partial charge on any atom is -0.475 e. The number of methoxy groups -OCH3 is 1. The number of aromatic nitrogens is 3. The molecule has 1 aromatic heterocycles. The number of carbonyl (C=O) groups excluding carboxylic acids is 3. The van der Waals surface area contributed by atoms with Gasteiger partial charge in [0, 0.05) is 25.9 Å². The SMILES string of the molecule is COC(=O)CC[C@@H](C)[C@H]1CC[C@H]2[C@@H]3CC=C4C[C@@H](OC(=O)OCc5cn(CCCNC(=O)[C@@H](N)CCCCN)nn5)CC[C@]4(C)[C@H]3CC[C@]12C.O=C(O)C(F)(F)F.O=C(O)C(F)(F)F. The van der Waals surface area contributed by atoms with Crippen LogP contribution in [0.4, 0.5) is 31.1 Å². The highest BCUT2D eigenvalue weighted by molar-refractivity contribution is 5.81. The largest absolute Gasteiger partial charge is 0.508 e. The number of rotatable bonds is 16. The molecule has 4 aliphatic rings. The Labute approximate surface area is 368 Å². The van der Waals surface area contributed by atoms with E-state index < -0.39 is 36.5 Å². The quantitative estimate of drug-likeness (QED) is 0.0501. The predicted octanol–water partition coefficient (Wildman–Crippen LogP) is 6.70. The molecule has 0 aliphatic heterocycles. The van der Waals surface area contributed by atoms with Crippen molar-refractivity contribution in [3.05, 3.63) is 23.5 Å². The van der Waals surface area contributed by atoms with Crippen LogP contribution in [-0.2, 0) is 46.5 Å². The third-order valence-corrected chi connectivity index (χ3v) is 13.7. The molecule has 5 rings (SSSR count). The number of hydrogen-bond donors (Lipinski definition) is 5. The van der Waals surface area contributed by atoms with Crippen LogP contribution in [0.15, 0.2) is 17.8 Å². The van der Waals surface area contributed by atoms with Crippen LogP contribution in [0, 0.1) is 40.4 Å². The molecule has 1 aromatic rings. The van der Waals surface area contributed by atoms with Crippen molar-refractivity contribution < 1.29 is 74.7 Å². The van der Waals surface area contributed by atoms with Gasteiger partial charge < -0.3 is 41.2 Å². The lowest BCUT2D eigenvalue weighted by Crippen LogP contribution is -2.51. The van der Waals surface area contributed by atoms with Gasteiger partial charge in [0.1, 0.15) is 18.4 Å². The molecule has 7 N–H and O–H groups in total. The van der Waals surface area contributed by atoms with E-state index in [9.17, 15) is 40.7 Å². The van der Waals surface area contributed by atoms with Crippen LogP contribution in [0.25, 0.3) is 0 Å². The highest BCUT2D eigenvalue weighted by Crippen LogP contribution is 2.67. The van der Waals surface area contributed by atoms with Gasteiger partial charge in [-0.05, 0) is 118 Å². The summed E-state index contributed by atoms with van der Waals surface area (Å²) in [6.45, 7) is 9.01. The molecule has 64 heavy (non-hydrogen) atoms. The maximum absolute atomic E-state index is 12.7. The summed E-state index contributed by atoms with van der Waals surface area (Å²) < 4.78 is 81.3. The van der Waals surface area contributed by atoms with Gasteiger partial charge in [0.2, 0.25) is 5.91 Å². The first-order valence-corrected chi connectivity index (χ1v) is 21.7. The molecule has 3 fully saturated rings. The number of carbonyl (C=O) groups is 5. The number of amides is 1. The zero-order valence-electron chi connectivity index (χ0n) is 36.8. The van der Waals surface area contributed by atoms with Crippen molar-refractivity contribution >= 4 is 30.0 Å². The molecular weight excluding hydrogens is 862 g/mol. The fourth-order valence-electron chi connectivity index (χ4n) is 10.4. The van der Waals surface area contributed by atoms with E-state index in [0.29, 0.717) is 73.7 Å². The Kier molecular flexibility index (Phi) is 19.9. The molecule has 0 aromatic carbocycles. The number of fused-ring (bicyclic) bond motifs is 5. The fraction of sp³-hybridized carbons (Fsp3) is 0.786. The zero-order chi connectivity index (χ0) is 48.0. The van der Waals surface area contributed by atoms with Crippen molar-refractivity contribution in [2.45, 2.75) is 148 Å². The van der Waals surface area contributed by atoms with Crippen LogP contribution in [0.2, 0.25) is 0 Å². The summed E-state index contributed by atoms with van der Waals surface area (Å²) in [5.74, 6) is -2.48. The number of esters is 1. The number of allylic oxidation sites excluding steroid dienone is 1. The number of nitrogens with two attached hydrogens (primary N) is 2. The lowest BCUT2D eigenvalue weighted by molar-refractivity contribution is -0.193.